The highest BCUT2D eigenvalue weighted by Gasteiger charge is 2.36. The van der Waals surface area contributed by atoms with Crippen LogP contribution in [0.1, 0.15) is 54.4 Å². The van der Waals surface area contributed by atoms with Gasteiger partial charge in [-0.05, 0) is 39.3 Å². The molecule has 1 atom stereocenters. The van der Waals surface area contributed by atoms with Gasteiger partial charge >= 0.3 is 6.09 Å². The summed E-state index contributed by atoms with van der Waals surface area (Å²) in [5.41, 5.74) is -0.160. The van der Waals surface area contributed by atoms with Crippen molar-refractivity contribution in [1.29, 1.82) is 0 Å². The van der Waals surface area contributed by atoms with Crippen LogP contribution in [0.15, 0.2) is 12.1 Å². The molecule has 27 heavy (non-hydrogen) atoms. The molecule has 1 aliphatic heterocycles. The number of rotatable bonds is 5. The van der Waals surface area contributed by atoms with Gasteiger partial charge in [0.25, 0.3) is 0 Å². The highest BCUT2D eigenvalue weighted by molar-refractivity contribution is 6.11. The maximum atomic E-state index is 12.6. The highest BCUT2D eigenvalue weighted by atomic mass is 16.6. The Bertz CT molecular complexity index is 745. The van der Waals surface area contributed by atoms with Crippen molar-refractivity contribution in [1.82, 2.24) is 4.98 Å². The van der Waals surface area contributed by atoms with E-state index in [4.69, 9.17) is 4.74 Å². The van der Waals surface area contributed by atoms with Crippen LogP contribution in [0.4, 0.5) is 22.1 Å². The Kier molecular flexibility index (Phi) is 6.08. The second-order valence-corrected chi connectivity index (χ2v) is 7.62. The summed E-state index contributed by atoms with van der Waals surface area (Å²) in [5.74, 6) is -0.235. The van der Waals surface area contributed by atoms with Crippen molar-refractivity contribution in [3.63, 3.8) is 0 Å². The molecule has 148 valence electrons. The van der Waals surface area contributed by atoms with Gasteiger partial charge in [-0.15, -0.1) is 0 Å². The molecule has 1 aromatic heterocycles. The summed E-state index contributed by atoms with van der Waals surface area (Å²) >= 11 is 0. The normalized spacial score (nSPS) is 16.6. The maximum Gasteiger partial charge on any atom is 0.413 e. The molecule has 8 nitrogen and oxygen atoms in total. The van der Waals surface area contributed by atoms with Crippen molar-refractivity contribution < 1.29 is 19.1 Å². The number of nitrogens with zero attached hydrogens (tertiary/aromatic N) is 2. The second kappa shape index (κ2) is 7.94. The third-order valence-corrected chi connectivity index (χ3v) is 4.31. The molecule has 1 aliphatic rings. The van der Waals surface area contributed by atoms with E-state index in [-0.39, 0.29) is 23.6 Å². The van der Waals surface area contributed by atoms with E-state index in [0.29, 0.717) is 11.5 Å². The van der Waals surface area contributed by atoms with Gasteiger partial charge in [0.2, 0.25) is 11.8 Å². The molecule has 2 heterocycles. The molecular weight excluding hydrogens is 348 g/mol. The molecule has 0 saturated heterocycles. The van der Waals surface area contributed by atoms with E-state index in [0.717, 1.165) is 12.8 Å². The number of ether oxygens (including phenoxy) is 1. The number of hydrogen-bond acceptors (Lipinski definition) is 5. The van der Waals surface area contributed by atoms with Crippen LogP contribution in [-0.2, 0) is 14.3 Å². The zero-order valence-corrected chi connectivity index (χ0v) is 16.8. The molecule has 0 aliphatic carbocycles. The van der Waals surface area contributed by atoms with Gasteiger partial charge in [-0.2, -0.15) is 0 Å². The van der Waals surface area contributed by atoms with Crippen LogP contribution in [-0.4, -0.2) is 34.5 Å². The Balaban J connectivity index is 2.27. The number of amides is 3. The topological polar surface area (TPSA) is 101 Å². The summed E-state index contributed by atoms with van der Waals surface area (Å²) in [6, 6.07) is 2.48. The van der Waals surface area contributed by atoms with Crippen LogP contribution in [0.2, 0.25) is 0 Å². The Morgan fingerprint density at radius 3 is 2.63 bits per heavy atom. The van der Waals surface area contributed by atoms with E-state index < -0.39 is 17.7 Å². The van der Waals surface area contributed by atoms with Gasteiger partial charge in [-0.25, -0.2) is 9.78 Å². The third kappa shape index (κ3) is 4.75. The Hall–Kier alpha value is -2.64. The Morgan fingerprint density at radius 1 is 1.37 bits per heavy atom. The van der Waals surface area contributed by atoms with Crippen molar-refractivity contribution in [2.24, 2.45) is 5.92 Å². The summed E-state index contributed by atoms with van der Waals surface area (Å²) in [5, 5.41) is 5.33. The molecule has 0 bridgehead atoms. The fraction of sp³-hybridized carbons (Fsp3) is 0.579. The van der Waals surface area contributed by atoms with Crippen LogP contribution >= 0.6 is 0 Å². The van der Waals surface area contributed by atoms with Gasteiger partial charge < -0.3 is 10.1 Å². The van der Waals surface area contributed by atoms with E-state index >= 15 is 0 Å². The molecule has 0 spiro atoms. The molecule has 3 amide bonds. The van der Waals surface area contributed by atoms with E-state index in [1.54, 1.807) is 32.9 Å². The standard InChI is InChI=1S/C19H28N4O4/c1-7-10-19(5,6)27-18(26)22-14-9-8-13-15(21-14)23(17(25)11(2)3)12(4)16(24)20-13/h8-9,11-12H,7,10H2,1-6H3,(H,20,24)(H,21,22,26). The molecule has 2 rings (SSSR count). The number of nitrogens with one attached hydrogen (secondary N) is 2. The average molecular weight is 376 g/mol. The predicted molar refractivity (Wildman–Crippen MR) is 104 cm³/mol. The summed E-state index contributed by atoms with van der Waals surface area (Å²) in [4.78, 5) is 42.7. The van der Waals surface area contributed by atoms with Crippen molar-refractivity contribution in [2.75, 3.05) is 15.5 Å². The van der Waals surface area contributed by atoms with Crippen molar-refractivity contribution in [3.8, 4) is 0 Å². The first-order valence-corrected chi connectivity index (χ1v) is 9.20. The van der Waals surface area contributed by atoms with Crippen molar-refractivity contribution in [3.05, 3.63) is 12.1 Å². The molecule has 1 unspecified atom stereocenters. The van der Waals surface area contributed by atoms with Crippen LogP contribution in [0.3, 0.4) is 0 Å². The summed E-state index contributed by atoms with van der Waals surface area (Å²) in [7, 11) is 0. The molecule has 0 aromatic carbocycles. The lowest BCUT2D eigenvalue weighted by molar-refractivity contribution is -0.125. The average Bonchev–Trinajstić information content (AvgIpc) is 2.55. The predicted octanol–water partition coefficient (Wildman–Crippen LogP) is 3.54. The van der Waals surface area contributed by atoms with Crippen LogP contribution in [0, 0.1) is 5.92 Å². The van der Waals surface area contributed by atoms with E-state index in [1.165, 1.54) is 4.90 Å². The minimum absolute atomic E-state index is 0.213. The van der Waals surface area contributed by atoms with Gasteiger partial charge in [0.05, 0.1) is 5.69 Å². The summed E-state index contributed by atoms with van der Waals surface area (Å²) < 4.78 is 5.44. The summed E-state index contributed by atoms with van der Waals surface area (Å²) in [6.45, 7) is 10.9. The first-order chi connectivity index (χ1) is 12.6. The van der Waals surface area contributed by atoms with Gasteiger partial charge in [-0.3, -0.25) is 19.8 Å². The first kappa shape index (κ1) is 20.7. The smallest absolute Gasteiger partial charge is 0.413 e. The molecular formula is C19H28N4O4. The SMILES string of the molecule is CCCC(C)(C)OC(=O)Nc1ccc2c(n1)N(C(=O)C(C)C)C(C)C(=O)N2. The summed E-state index contributed by atoms with van der Waals surface area (Å²) in [6.07, 6.45) is 1.01. The zero-order chi connectivity index (χ0) is 20.4. The zero-order valence-electron chi connectivity index (χ0n) is 16.8. The van der Waals surface area contributed by atoms with Crippen LogP contribution in [0.25, 0.3) is 0 Å². The number of carbonyl (C=O) groups excluding carboxylic acids is 3. The van der Waals surface area contributed by atoms with Gasteiger partial charge in [-0.1, -0.05) is 27.2 Å². The fourth-order valence-electron chi connectivity index (χ4n) is 2.94. The molecule has 0 saturated carbocycles. The van der Waals surface area contributed by atoms with E-state index in [9.17, 15) is 14.4 Å². The number of fused-ring (bicyclic) bond motifs is 1. The lowest BCUT2D eigenvalue weighted by Gasteiger charge is -2.34. The Labute approximate surface area is 159 Å². The lowest BCUT2D eigenvalue weighted by atomic mass is 10.0. The van der Waals surface area contributed by atoms with Gasteiger partial charge in [0, 0.05) is 5.92 Å². The number of hydrogen-bond donors (Lipinski definition) is 2. The minimum atomic E-state index is -0.689. The number of anilines is 3. The largest absolute Gasteiger partial charge is 0.443 e. The molecule has 2 N–H and O–H groups in total. The molecule has 0 radical (unpaired) electrons. The highest BCUT2D eigenvalue weighted by Crippen LogP contribution is 2.32. The number of aromatic nitrogens is 1. The fourth-order valence-corrected chi connectivity index (χ4v) is 2.94. The minimum Gasteiger partial charge on any atom is -0.443 e. The van der Waals surface area contributed by atoms with Crippen molar-refractivity contribution in [2.45, 2.75) is 66.0 Å². The quantitative estimate of drug-likeness (QED) is 0.818. The second-order valence-electron chi connectivity index (χ2n) is 7.62. The molecule has 8 heteroatoms. The van der Waals surface area contributed by atoms with Crippen molar-refractivity contribution >= 4 is 35.2 Å². The molecule has 0 fully saturated rings. The van der Waals surface area contributed by atoms with E-state index in [2.05, 4.69) is 15.6 Å². The van der Waals surface area contributed by atoms with Crippen LogP contribution in [0.5, 0.6) is 0 Å². The van der Waals surface area contributed by atoms with Gasteiger partial charge in [0.1, 0.15) is 17.5 Å². The Morgan fingerprint density at radius 2 is 2.04 bits per heavy atom. The monoisotopic (exact) mass is 376 g/mol. The third-order valence-electron chi connectivity index (χ3n) is 4.31. The number of carbonyl (C=O) groups is 3. The lowest BCUT2D eigenvalue weighted by Crippen LogP contribution is -2.51. The number of pyridine rings is 1. The molecule has 1 aromatic rings. The maximum absolute atomic E-state index is 12.6. The van der Waals surface area contributed by atoms with Crippen LogP contribution < -0.4 is 15.5 Å². The first-order valence-electron chi connectivity index (χ1n) is 9.20. The van der Waals surface area contributed by atoms with E-state index in [1.807, 2.05) is 20.8 Å². The van der Waals surface area contributed by atoms with Gasteiger partial charge in [0.15, 0.2) is 5.82 Å².